The largest absolute Gasteiger partial charge is 0.555 e. The molecule has 0 radical (unpaired) electrons. The molecule has 0 aromatic carbocycles. The van der Waals surface area contributed by atoms with Crippen LogP contribution in [0.5, 0.6) is 0 Å². The van der Waals surface area contributed by atoms with Gasteiger partial charge in [-0.2, -0.15) is 0 Å². The number of hydrogen-bond donors (Lipinski definition) is 1. The first-order valence-corrected chi connectivity index (χ1v) is 5.95. The molecule has 2 saturated carbocycles. The van der Waals surface area contributed by atoms with Crippen molar-refractivity contribution >= 4 is 7.25 Å². The fourth-order valence-corrected chi connectivity index (χ4v) is 4.20. The molecule has 2 aliphatic carbocycles. The molecule has 2 bridgehead atoms. The topological polar surface area (TPSA) is 30.5 Å². The average Bonchev–Trinajstić information content (AvgIpc) is 2.74. The number of nitrogens with one attached hydrogen (secondary N) is 1. The summed E-state index contributed by atoms with van der Waals surface area (Å²) in [6, 6.07) is 0.503. The highest BCUT2D eigenvalue weighted by atomic mass is 16.6. The number of fused-ring (bicyclic) bond motifs is 5. The molecule has 3 aliphatic rings. The number of hydrogen-bond acceptors (Lipinski definition) is 3. The van der Waals surface area contributed by atoms with E-state index in [2.05, 4.69) is 26.0 Å². The Labute approximate surface area is 92.1 Å². The molecule has 1 N–H and O–H groups in total. The zero-order valence-corrected chi connectivity index (χ0v) is 10.0. The summed E-state index contributed by atoms with van der Waals surface area (Å²) >= 11 is 0. The van der Waals surface area contributed by atoms with Crippen LogP contribution in [-0.4, -0.2) is 26.5 Å². The molecule has 84 valence electrons. The van der Waals surface area contributed by atoms with Gasteiger partial charge in [-0.15, -0.1) is 0 Å². The van der Waals surface area contributed by atoms with Crippen LogP contribution < -0.4 is 5.23 Å². The molecule has 3 fully saturated rings. The van der Waals surface area contributed by atoms with Crippen LogP contribution in [0.1, 0.15) is 33.6 Å². The maximum atomic E-state index is 5.97. The van der Waals surface area contributed by atoms with Crippen molar-refractivity contribution in [1.29, 1.82) is 0 Å². The maximum absolute atomic E-state index is 5.97. The molecule has 0 aromatic rings. The highest BCUT2D eigenvalue weighted by Gasteiger charge is 2.69. The van der Waals surface area contributed by atoms with Gasteiger partial charge in [0.1, 0.15) is 0 Å². The zero-order valence-electron chi connectivity index (χ0n) is 10.0. The Morgan fingerprint density at radius 2 is 2.13 bits per heavy atom. The molecule has 4 atom stereocenters. The van der Waals surface area contributed by atoms with E-state index >= 15 is 0 Å². The Hall–Kier alpha value is -0.0551. The van der Waals surface area contributed by atoms with Gasteiger partial charge in [-0.1, -0.05) is 20.8 Å². The minimum Gasteiger partial charge on any atom is -0.400 e. The molecule has 1 heterocycles. The highest BCUT2D eigenvalue weighted by molar-refractivity contribution is 6.42. The normalized spacial score (nSPS) is 51.2. The summed E-state index contributed by atoms with van der Waals surface area (Å²) in [7, 11) is 1.52. The van der Waals surface area contributed by atoms with Gasteiger partial charge < -0.3 is 9.31 Å². The third-order valence-electron chi connectivity index (χ3n) is 5.57. The first kappa shape index (κ1) is 10.1. The molecular weight excluding hydrogens is 189 g/mol. The Balaban J connectivity index is 1.94. The van der Waals surface area contributed by atoms with Gasteiger partial charge in [0.15, 0.2) is 0 Å². The zero-order chi connectivity index (χ0) is 10.8. The minimum atomic E-state index is -0.184. The second kappa shape index (κ2) is 2.79. The van der Waals surface area contributed by atoms with E-state index in [9.17, 15) is 0 Å². The van der Waals surface area contributed by atoms with Crippen molar-refractivity contribution in [2.75, 3.05) is 7.11 Å². The summed E-state index contributed by atoms with van der Waals surface area (Å²) in [5.41, 5.74) is 0.719. The van der Waals surface area contributed by atoms with Crippen molar-refractivity contribution in [2.45, 2.75) is 45.8 Å². The van der Waals surface area contributed by atoms with Crippen molar-refractivity contribution in [3.8, 4) is 0 Å². The Morgan fingerprint density at radius 3 is 2.73 bits per heavy atom. The SMILES string of the molecule is COB1N[C@H]2[C@H]3CC[C@@](C)([C@H]2O1)C3(C)C. The molecule has 4 heteroatoms. The molecule has 1 aliphatic heterocycles. The molecule has 0 unspecified atom stereocenters. The minimum absolute atomic E-state index is 0.184. The lowest BCUT2D eigenvalue weighted by Gasteiger charge is -2.38. The van der Waals surface area contributed by atoms with Crippen molar-refractivity contribution in [3.05, 3.63) is 0 Å². The van der Waals surface area contributed by atoms with Gasteiger partial charge in [0.2, 0.25) is 0 Å². The van der Waals surface area contributed by atoms with E-state index in [1.165, 1.54) is 12.8 Å². The summed E-state index contributed by atoms with van der Waals surface area (Å²) in [6.07, 6.45) is 2.97. The Kier molecular flexibility index (Phi) is 1.88. The van der Waals surface area contributed by atoms with E-state index in [-0.39, 0.29) is 7.25 Å². The van der Waals surface area contributed by atoms with Gasteiger partial charge in [-0.25, -0.2) is 0 Å². The maximum Gasteiger partial charge on any atom is 0.555 e. The second-order valence-electron chi connectivity index (χ2n) is 6.10. The summed E-state index contributed by atoms with van der Waals surface area (Å²) in [5.74, 6) is 0.743. The van der Waals surface area contributed by atoms with Gasteiger partial charge >= 0.3 is 7.25 Å². The van der Waals surface area contributed by atoms with Crippen LogP contribution in [0.4, 0.5) is 0 Å². The van der Waals surface area contributed by atoms with E-state index in [0.717, 1.165) is 5.92 Å². The third-order valence-corrected chi connectivity index (χ3v) is 5.57. The first-order valence-electron chi connectivity index (χ1n) is 5.95. The molecule has 3 rings (SSSR count). The van der Waals surface area contributed by atoms with Crippen LogP contribution in [0.3, 0.4) is 0 Å². The summed E-state index contributed by atoms with van der Waals surface area (Å²) < 4.78 is 11.2. The fraction of sp³-hybridized carbons (Fsp3) is 1.00. The van der Waals surface area contributed by atoms with Gasteiger partial charge in [-0.05, 0) is 29.6 Å². The fourth-order valence-electron chi connectivity index (χ4n) is 4.20. The number of rotatable bonds is 1. The van der Waals surface area contributed by atoms with Crippen molar-refractivity contribution in [3.63, 3.8) is 0 Å². The smallest absolute Gasteiger partial charge is 0.400 e. The molecular formula is C11H20BNO2. The second-order valence-corrected chi connectivity index (χ2v) is 6.10. The van der Waals surface area contributed by atoms with Crippen LogP contribution in [-0.2, 0) is 9.31 Å². The van der Waals surface area contributed by atoms with Crippen LogP contribution in [0.25, 0.3) is 0 Å². The van der Waals surface area contributed by atoms with Crippen LogP contribution in [0.2, 0.25) is 0 Å². The summed E-state index contributed by atoms with van der Waals surface area (Å²) in [6.45, 7) is 7.18. The van der Waals surface area contributed by atoms with Crippen LogP contribution >= 0.6 is 0 Å². The lowest BCUT2D eigenvalue weighted by Crippen LogP contribution is -2.41. The van der Waals surface area contributed by atoms with Gasteiger partial charge in [0, 0.05) is 13.2 Å². The predicted molar refractivity (Wildman–Crippen MR) is 59.2 cm³/mol. The van der Waals surface area contributed by atoms with E-state index in [1.807, 2.05) is 0 Å². The third kappa shape index (κ3) is 0.985. The van der Waals surface area contributed by atoms with Crippen LogP contribution in [0, 0.1) is 16.7 Å². The van der Waals surface area contributed by atoms with Crippen molar-refractivity contribution in [1.82, 2.24) is 5.23 Å². The summed E-state index contributed by atoms with van der Waals surface area (Å²) in [4.78, 5) is 0. The molecule has 1 saturated heterocycles. The van der Waals surface area contributed by atoms with Gasteiger partial charge in [0.25, 0.3) is 0 Å². The van der Waals surface area contributed by atoms with E-state index < -0.39 is 0 Å². The van der Waals surface area contributed by atoms with Crippen molar-refractivity contribution < 1.29 is 9.31 Å². The summed E-state index contributed by atoms with van der Waals surface area (Å²) in [5, 5.41) is 3.47. The standard InChI is InChI=1S/C11H20BNO2/c1-10(2)7-5-6-11(10,3)9-8(7)13-12(14-4)15-9/h7-9,13H,5-6H2,1-4H3/t7-,8+,9+,11+/m1/s1. The van der Waals surface area contributed by atoms with Gasteiger partial charge in [-0.3, -0.25) is 5.23 Å². The molecule has 0 spiro atoms. The van der Waals surface area contributed by atoms with E-state index in [1.54, 1.807) is 7.11 Å². The molecule has 0 aromatic heterocycles. The predicted octanol–water partition coefficient (Wildman–Crippen LogP) is 1.43. The van der Waals surface area contributed by atoms with E-state index in [4.69, 9.17) is 9.31 Å². The molecule has 15 heavy (non-hydrogen) atoms. The molecule has 3 nitrogen and oxygen atoms in total. The van der Waals surface area contributed by atoms with E-state index in [0.29, 0.717) is 23.0 Å². The molecule has 0 amide bonds. The quantitative estimate of drug-likeness (QED) is 0.662. The monoisotopic (exact) mass is 209 g/mol. The average molecular weight is 209 g/mol. The van der Waals surface area contributed by atoms with Gasteiger partial charge in [0.05, 0.1) is 6.10 Å². The lowest BCUT2D eigenvalue weighted by molar-refractivity contribution is 0.0255. The van der Waals surface area contributed by atoms with Crippen molar-refractivity contribution in [2.24, 2.45) is 16.7 Å². The Morgan fingerprint density at radius 1 is 1.40 bits per heavy atom. The first-order chi connectivity index (χ1) is 7.00. The Bertz CT molecular complexity index is 296. The highest BCUT2D eigenvalue weighted by Crippen LogP contribution is 2.67. The van der Waals surface area contributed by atoms with Crippen LogP contribution in [0.15, 0.2) is 0 Å². The lowest BCUT2D eigenvalue weighted by atomic mass is 9.70.